The van der Waals surface area contributed by atoms with Crippen molar-refractivity contribution in [1.82, 2.24) is 4.40 Å². The second-order valence-electron chi connectivity index (χ2n) is 4.82. The van der Waals surface area contributed by atoms with Crippen LogP contribution in [0.15, 0.2) is 65.6 Å². The third-order valence-electron chi connectivity index (χ3n) is 3.27. The predicted molar refractivity (Wildman–Crippen MR) is 81.4 cm³/mol. The molecule has 0 fully saturated rings. The molecule has 0 aliphatic carbocycles. The van der Waals surface area contributed by atoms with Crippen LogP contribution in [-0.2, 0) is 6.61 Å². The van der Waals surface area contributed by atoms with Gasteiger partial charge in [0, 0.05) is 11.6 Å². The molecule has 0 amide bonds. The Hall–Kier alpha value is -3.08. The summed E-state index contributed by atoms with van der Waals surface area (Å²) >= 11 is 0. The van der Waals surface area contributed by atoms with Crippen molar-refractivity contribution in [1.29, 1.82) is 0 Å². The fraction of sp³-hybridized carbons (Fsp3) is 0.0588. The second kappa shape index (κ2) is 5.73. The number of hydrogen-bond acceptors (Lipinski definition) is 3. The van der Waals surface area contributed by atoms with Crippen molar-refractivity contribution >= 4 is 11.5 Å². The first kappa shape index (κ1) is 13.9. The lowest BCUT2D eigenvalue weighted by Crippen LogP contribution is -2.15. The Morgan fingerprint density at radius 1 is 1.09 bits per heavy atom. The minimum absolute atomic E-state index is 0.0250. The Kier molecular flexibility index (Phi) is 3.62. The molecule has 0 atom stereocenters. The normalized spacial score (nSPS) is 10.5. The van der Waals surface area contributed by atoms with Gasteiger partial charge in [-0.1, -0.05) is 30.3 Å². The van der Waals surface area contributed by atoms with E-state index in [1.54, 1.807) is 18.3 Å². The van der Waals surface area contributed by atoms with Gasteiger partial charge in [-0.25, -0.2) is 4.79 Å². The average molecular weight is 295 g/mol. The zero-order valence-corrected chi connectivity index (χ0v) is 11.6. The molecule has 0 bridgehead atoms. The van der Waals surface area contributed by atoms with Crippen LogP contribution in [0, 0.1) is 0 Å². The first-order valence-electron chi connectivity index (χ1n) is 6.70. The van der Waals surface area contributed by atoms with Crippen molar-refractivity contribution in [3.05, 3.63) is 82.3 Å². The van der Waals surface area contributed by atoms with E-state index in [2.05, 4.69) is 0 Å². The van der Waals surface area contributed by atoms with Gasteiger partial charge in [0.25, 0.3) is 5.56 Å². The highest BCUT2D eigenvalue weighted by atomic mass is 16.5. The first-order valence-corrected chi connectivity index (χ1v) is 6.70. The van der Waals surface area contributed by atoms with Crippen molar-refractivity contribution in [3.63, 3.8) is 0 Å². The number of rotatable bonds is 4. The molecular formula is C17H13NO4. The topological polar surface area (TPSA) is 68.0 Å². The lowest BCUT2D eigenvalue weighted by atomic mass is 10.2. The summed E-state index contributed by atoms with van der Waals surface area (Å²) in [6.45, 7) is 0.397. The van der Waals surface area contributed by atoms with E-state index in [0.717, 1.165) is 11.6 Å². The third-order valence-corrected chi connectivity index (χ3v) is 3.27. The molecule has 22 heavy (non-hydrogen) atoms. The van der Waals surface area contributed by atoms with Gasteiger partial charge in [0.1, 0.15) is 12.4 Å². The molecule has 5 nitrogen and oxygen atoms in total. The Morgan fingerprint density at radius 2 is 1.86 bits per heavy atom. The Bertz CT molecular complexity index is 884. The molecule has 5 heteroatoms. The van der Waals surface area contributed by atoms with Crippen LogP contribution < -0.4 is 10.3 Å². The minimum atomic E-state index is -1.12. The van der Waals surface area contributed by atoms with E-state index in [0.29, 0.717) is 17.9 Å². The van der Waals surface area contributed by atoms with Crippen molar-refractivity contribution in [2.75, 3.05) is 0 Å². The molecule has 0 aliphatic heterocycles. The molecule has 0 radical (unpaired) electrons. The third kappa shape index (κ3) is 2.83. The molecule has 0 saturated heterocycles. The van der Waals surface area contributed by atoms with Gasteiger partial charge < -0.3 is 9.84 Å². The van der Waals surface area contributed by atoms with E-state index in [4.69, 9.17) is 9.84 Å². The maximum absolute atomic E-state index is 12.0. The van der Waals surface area contributed by atoms with Gasteiger partial charge in [0.15, 0.2) is 0 Å². The SMILES string of the molecule is O=C(O)c1cc(=O)n2cc(OCc3ccccc3)ccc2c1. The number of aromatic nitrogens is 1. The zero-order valence-electron chi connectivity index (χ0n) is 11.6. The number of carbonyl (C=O) groups is 1. The quantitative estimate of drug-likeness (QED) is 0.803. The minimum Gasteiger partial charge on any atom is -0.487 e. The van der Waals surface area contributed by atoms with Crippen LogP contribution in [0.3, 0.4) is 0 Å². The number of benzene rings is 1. The highest BCUT2D eigenvalue weighted by molar-refractivity contribution is 5.88. The zero-order chi connectivity index (χ0) is 15.5. The average Bonchev–Trinajstić information content (AvgIpc) is 2.54. The molecule has 110 valence electrons. The van der Waals surface area contributed by atoms with Crippen molar-refractivity contribution in [2.24, 2.45) is 0 Å². The van der Waals surface area contributed by atoms with Crippen LogP contribution in [0.25, 0.3) is 5.52 Å². The van der Waals surface area contributed by atoms with Crippen LogP contribution in [0.2, 0.25) is 0 Å². The summed E-state index contributed by atoms with van der Waals surface area (Å²) in [5.41, 5.74) is 1.11. The van der Waals surface area contributed by atoms with Crippen LogP contribution >= 0.6 is 0 Å². The summed E-state index contributed by atoms with van der Waals surface area (Å²) in [5.74, 6) is -0.578. The van der Waals surface area contributed by atoms with Crippen molar-refractivity contribution in [3.8, 4) is 5.75 Å². The monoisotopic (exact) mass is 295 g/mol. The summed E-state index contributed by atoms with van der Waals surface area (Å²) in [5, 5.41) is 8.96. The summed E-state index contributed by atoms with van der Waals surface area (Å²) in [4.78, 5) is 22.9. The lowest BCUT2D eigenvalue weighted by Gasteiger charge is -2.08. The second-order valence-corrected chi connectivity index (χ2v) is 4.82. The molecule has 3 aromatic rings. The van der Waals surface area contributed by atoms with Gasteiger partial charge in [0.05, 0.1) is 11.8 Å². The Morgan fingerprint density at radius 3 is 2.59 bits per heavy atom. The maximum Gasteiger partial charge on any atom is 0.335 e. The van der Waals surface area contributed by atoms with Crippen LogP contribution in [-0.4, -0.2) is 15.5 Å². The highest BCUT2D eigenvalue weighted by Gasteiger charge is 2.07. The van der Waals surface area contributed by atoms with Crippen LogP contribution in [0.4, 0.5) is 0 Å². The van der Waals surface area contributed by atoms with Gasteiger partial charge in [-0.15, -0.1) is 0 Å². The molecule has 3 rings (SSSR count). The highest BCUT2D eigenvalue weighted by Crippen LogP contribution is 2.15. The number of carboxylic acid groups (broad SMARTS) is 1. The van der Waals surface area contributed by atoms with Crippen LogP contribution in [0.5, 0.6) is 5.75 Å². The maximum atomic E-state index is 12.0. The number of ether oxygens (including phenoxy) is 1. The van der Waals surface area contributed by atoms with E-state index in [9.17, 15) is 9.59 Å². The largest absolute Gasteiger partial charge is 0.487 e. The number of nitrogens with zero attached hydrogens (tertiary/aromatic N) is 1. The smallest absolute Gasteiger partial charge is 0.335 e. The fourth-order valence-corrected chi connectivity index (χ4v) is 2.15. The van der Waals surface area contributed by atoms with Gasteiger partial charge in [-0.2, -0.15) is 0 Å². The summed E-state index contributed by atoms with van der Waals surface area (Å²) in [7, 11) is 0. The molecule has 0 saturated carbocycles. The van der Waals surface area contributed by atoms with E-state index >= 15 is 0 Å². The molecule has 0 aliphatic rings. The van der Waals surface area contributed by atoms with Gasteiger partial charge in [-0.3, -0.25) is 9.20 Å². The molecule has 2 aromatic heterocycles. The summed E-state index contributed by atoms with van der Waals surface area (Å²) < 4.78 is 7.02. The first-order chi connectivity index (χ1) is 10.6. The number of pyridine rings is 2. The van der Waals surface area contributed by atoms with Gasteiger partial charge in [0.2, 0.25) is 0 Å². The number of carboxylic acids is 1. The van der Waals surface area contributed by atoms with E-state index in [-0.39, 0.29) is 5.56 Å². The molecule has 1 aromatic carbocycles. The molecule has 1 N–H and O–H groups in total. The molecule has 0 unspecified atom stereocenters. The standard InChI is InChI=1S/C17H13NO4/c19-16-9-13(17(20)21)8-14-6-7-15(10-18(14)16)22-11-12-4-2-1-3-5-12/h1-10H,11H2,(H,20,21). The van der Waals surface area contributed by atoms with Crippen LogP contribution in [0.1, 0.15) is 15.9 Å². The number of fused-ring (bicyclic) bond motifs is 1. The predicted octanol–water partition coefficient (Wildman–Crippen LogP) is 2.58. The lowest BCUT2D eigenvalue weighted by molar-refractivity contribution is 0.0696. The Labute approximate surface area is 126 Å². The number of hydrogen-bond donors (Lipinski definition) is 1. The number of aromatic carboxylic acids is 1. The van der Waals surface area contributed by atoms with Crippen molar-refractivity contribution < 1.29 is 14.6 Å². The van der Waals surface area contributed by atoms with Gasteiger partial charge >= 0.3 is 5.97 Å². The van der Waals surface area contributed by atoms with E-state index < -0.39 is 11.5 Å². The fourth-order valence-electron chi connectivity index (χ4n) is 2.15. The van der Waals surface area contributed by atoms with E-state index in [1.807, 2.05) is 30.3 Å². The summed E-state index contributed by atoms with van der Waals surface area (Å²) in [6.07, 6.45) is 1.56. The summed E-state index contributed by atoms with van der Waals surface area (Å²) in [6, 6.07) is 15.6. The van der Waals surface area contributed by atoms with Crippen molar-refractivity contribution in [2.45, 2.75) is 6.61 Å². The molecule has 2 heterocycles. The molecule has 0 spiro atoms. The Balaban J connectivity index is 1.90. The van der Waals surface area contributed by atoms with E-state index in [1.165, 1.54) is 10.5 Å². The molecular weight excluding hydrogens is 282 g/mol. The van der Waals surface area contributed by atoms with Gasteiger partial charge in [-0.05, 0) is 23.8 Å².